The Morgan fingerprint density at radius 3 is 2.66 bits per heavy atom. The van der Waals surface area contributed by atoms with Gasteiger partial charge in [0.15, 0.2) is 0 Å². The van der Waals surface area contributed by atoms with Crippen LogP contribution in [-0.4, -0.2) is 77.4 Å². The highest BCUT2D eigenvalue weighted by Crippen LogP contribution is 2.46. The molecule has 4 rings (SSSR count). The second-order valence-electron chi connectivity index (χ2n) is 10.8. The van der Waals surface area contributed by atoms with E-state index in [-0.39, 0.29) is 23.8 Å². The number of imide groups is 1. The van der Waals surface area contributed by atoms with Crippen LogP contribution >= 0.6 is 0 Å². The van der Waals surface area contributed by atoms with Gasteiger partial charge in [0.05, 0.1) is 0 Å². The molecule has 3 saturated heterocycles. The molecule has 3 heterocycles. The van der Waals surface area contributed by atoms with Crippen LogP contribution in [0.15, 0.2) is 0 Å². The lowest BCUT2D eigenvalue weighted by Crippen LogP contribution is -2.56. The fourth-order valence-electron chi connectivity index (χ4n) is 6.76. The zero-order valence-electron chi connectivity index (χ0n) is 18.4. The number of likely N-dealkylation sites (tertiary alicyclic amines) is 2. The Bertz CT molecular complexity index is 708. The Kier molecular flexibility index (Phi) is 5.16. The lowest BCUT2D eigenvalue weighted by molar-refractivity contribution is -0.142. The number of carbonyl (C=O) groups is 3. The number of hydrogen-bond donors (Lipinski definition) is 1. The molecule has 0 aromatic heterocycles. The molecule has 1 aliphatic carbocycles. The average Bonchev–Trinajstić information content (AvgIpc) is 2.83. The van der Waals surface area contributed by atoms with E-state index >= 15 is 0 Å². The number of urea groups is 1. The molecule has 0 aromatic carbocycles. The molecule has 4 atom stereocenters. The van der Waals surface area contributed by atoms with Crippen LogP contribution in [0.4, 0.5) is 4.79 Å². The first-order valence-corrected chi connectivity index (χ1v) is 11.2. The van der Waals surface area contributed by atoms with Crippen molar-refractivity contribution in [3.8, 4) is 0 Å². The third-order valence-electron chi connectivity index (χ3n) is 7.62. The highest BCUT2D eigenvalue weighted by atomic mass is 16.2. The smallest absolute Gasteiger partial charge is 0.325 e. The van der Waals surface area contributed by atoms with Gasteiger partial charge in [0, 0.05) is 19.1 Å². The molecule has 1 N–H and O–H groups in total. The molecular weight excluding hydrogens is 368 g/mol. The van der Waals surface area contributed by atoms with Gasteiger partial charge in [-0.25, -0.2) is 4.79 Å². The maximum Gasteiger partial charge on any atom is 0.325 e. The van der Waals surface area contributed by atoms with Gasteiger partial charge in [-0.3, -0.25) is 14.5 Å². The molecule has 162 valence electrons. The standard InChI is InChI=1S/C22H36N4O3/c1-15-10-21(2,3)14-22(11-15)19(28)26(20(29)23-22)13-18(27)25-9-7-17-16(12-25)6-5-8-24(17)4/h15-17H,5-14H2,1-4H3,(H,23,29). The minimum Gasteiger partial charge on any atom is -0.341 e. The number of nitrogens with one attached hydrogen (secondary N) is 1. The van der Waals surface area contributed by atoms with E-state index in [1.165, 1.54) is 11.3 Å². The molecule has 4 aliphatic rings. The molecule has 0 bridgehead atoms. The molecule has 4 amide bonds. The van der Waals surface area contributed by atoms with Gasteiger partial charge in [-0.2, -0.15) is 0 Å². The van der Waals surface area contributed by atoms with Gasteiger partial charge >= 0.3 is 6.03 Å². The zero-order valence-corrected chi connectivity index (χ0v) is 18.4. The van der Waals surface area contributed by atoms with E-state index in [9.17, 15) is 14.4 Å². The largest absolute Gasteiger partial charge is 0.341 e. The first kappa shape index (κ1) is 20.6. The molecule has 0 radical (unpaired) electrons. The van der Waals surface area contributed by atoms with E-state index in [2.05, 4.69) is 38.0 Å². The van der Waals surface area contributed by atoms with Crippen molar-refractivity contribution in [2.45, 2.75) is 70.9 Å². The first-order valence-electron chi connectivity index (χ1n) is 11.2. The Hall–Kier alpha value is -1.63. The highest BCUT2D eigenvalue weighted by molar-refractivity contribution is 6.09. The van der Waals surface area contributed by atoms with E-state index in [1.807, 2.05) is 4.90 Å². The van der Waals surface area contributed by atoms with Crippen LogP contribution in [0.2, 0.25) is 0 Å². The number of rotatable bonds is 2. The van der Waals surface area contributed by atoms with Crippen LogP contribution in [0.3, 0.4) is 0 Å². The normalized spacial score (nSPS) is 37.6. The van der Waals surface area contributed by atoms with Crippen molar-refractivity contribution in [1.82, 2.24) is 20.0 Å². The molecule has 7 nitrogen and oxygen atoms in total. The van der Waals surface area contributed by atoms with E-state index < -0.39 is 11.6 Å². The van der Waals surface area contributed by atoms with E-state index in [4.69, 9.17) is 0 Å². The quantitative estimate of drug-likeness (QED) is 0.715. The van der Waals surface area contributed by atoms with Crippen molar-refractivity contribution >= 4 is 17.8 Å². The van der Waals surface area contributed by atoms with E-state index in [0.717, 1.165) is 32.4 Å². The summed E-state index contributed by atoms with van der Waals surface area (Å²) in [6.07, 6.45) is 5.64. The average molecular weight is 405 g/mol. The lowest BCUT2D eigenvalue weighted by atomic mass is 9.64. The predicted octanol–water partition coefficient (Wildman–Crippen LogP) is 2.07. The number of piperidine rings is 2. The summed E-state index contributed by atoms with van der Waals surface area (Å²) >= 11 is 0. The molecule has 7 heteroatoms. The van der Waals surface area contributed by atoms with Crippen LogP contribution < -0.4 is 5.32 Å². The number of hydrogen-bond acceptors (Lipinski definition) is 4. The van der Waals surface area contributed by atoms with Crippen LogP contribution in [0, 0.1) is 17.3 Å². The molecule has 29 heavy (non-hydrogen) atoms. The monoisotopic (exact) mass is 404 g/mol. The second-order valence-corrected chi connectivity index (χ2v) is 10.8. The van der Waals surface area contributed by atoms with Crippen LogP contribution in [-0.2, 0) is 9.59 Å². The van der Waals surface area contributed by atoms with Crippen molar-refractivity contribution in [2.75, 3.05) is 33.2 Å². The maximum absolute atomic E-state index is 13.3. The van der Waals surface area contributed by atoms with Gasteiger partial charge in [-0.1, -0.05) is 20.8 Å². The number of nitrogens with zero attached hydrogens (tertiary/aromatic N) is 3. The summed E-state index contributed by atoms with van der Waals surface area (Å²) in [4.78, 5) is 44.4. The maximum atomic E-state index is 13.3. The lowest BCUT2D eigenvalue weighted by Gasteiger charge is -2.46. The molecule has 1 saturated carbocycles. The van der Waals surface area contributed by atoms with Gasteiger partial charge in [0.25, 0.3) is 5.91 Å². The summed E-state index contributed by atoms with van der Waals surface area (Å²) in [5.41, 5.74) is -0.840. The summed E-state index contributed by atoms with van der Waals surface area (Å²) in [5.74, 6) is 0.560. The SMILES string of the molecule is CC1CC(C)(C)CC2(C1)NC(=O)N(CC(=O)N1CCC3C(CCCN3C)C1)C2=O. The third kappa shape index (κ3) is 3.78. The summed E-state index contributed by atoms with van der Waals surface area (Å²) in [7, 11) is 2.17. The predicted molar refractivity (Wildman–Crippen MR) is 110 cm³/mol. The fraction of sp³-hybridized carbons (Fsp3) is 0.864. The Labute approximate surface area is 174 Å². The summed E-state index contributed by atoms with van der Waals surface area (Å²) in [6.45, 7) is 8.91. The summed E-state index contributed by atoms with van der Waals surface area (Å²) in [5, 5.41) is 2.97. The topological polar surface area (TPSA) is 73.0 Å². The minimum atomic E-state index is -0.836. The molecular formula is C22H36N4O3. The molecule has 4 fully saturated rings. The van der Waals surface area contributed by atoms with Crippen LogP contribution in [0.25, 0.3) is 0 Å². The number of fused-ring (bicyclic) bond motifs is 1. The van der Waals surface area contributed by atoms with Crippen molar-refractivity contribution in [2.24, 2.45) is 17.3 Å². The summed E-state index contributed by atoms with van der Waals surface area (Å²) in [6, 6.07) is 0.152. The molecule has 4 unspecified atom stereocenters. The zero-order chi connectivity index (χ0) is 21.0. The van der Waals surface area contributed by atoms with Crippen molar-refractivity contribution in [3.63, 3.8) is 0 Å². The van der Waals surface area contributed by atoms with Gasteiger partial charge in [0.2, 0.25) is 5.91 Å². The van der Waals surface area contributed by atoms with Gasteiger partial charge < -0.3 is 15.1 Å². The molecule has 3 aliphatic heterocycles. The van der Waals surface area contributed by atoms with Gasteiger partial charge in [0.1, 0.15) is 12.1 Å². The fourth-order valence-corrected chi connectivity index (χ4v) is 6.76. The second kappa shape index (κ2) is 7.25. The Morgan fingerprint density at radius 1 is 1.17 bits per heavy atom. The Balaban J connectivity index is 1.42. The Morgan fingerprint density at radius 2 is 1.93 bits per heavy atom. The van der Waals surface area contributed by atoms with Crippen molar-refractivity contribution in [1.29, 1.82) is 0 Å². The van der Waals surface area contributed by atoms with E-state index in [1.54, 1.807) is 0 Å². The first-order chi connectivity index (χ1) is 13.6. The number of amides is 4. The van der Waals surface area contributed by atoms with Gasteiger partial charge in [-0.05, 0) is 69.4 Å². The molecule has 1 spiro atoms. The minimum absolute atomic E-state index is 0.00445. The van der Waals surface area contributed by atoms with Crippen molar-refractivity contribution < 1.29 is 14.4 Å². The third-order valence-corrected chi connectivity index (χ3v) is 7.62. The summed E-state index contributed by atoms with van der Waals surface area (Å²) < 4.78 is 0. The van der Waals surface area contributed by atoms with Gasteiger partial charge in [-0.15, -0.1) is 0 Å². The number of carbonyl (C=O) groups excluding carboxylic acids is 3. The molecule has 0 aromatic rings. The van der Waals surface area contributed by atoms with Crippen LogP contribution in [0.5, 0.6) is 0 Å². The van der Waals surface area contributed by atoms with Crippen molar-refractivity contribution in [3.05, 3.63) is 0 Å². The van der Waals surface area contributed by atoms with E-state index in [0.29, 0.717) is 37.3 Å². The van der Waals surface area contributed by atoms with Crippen LogP contribution in [0.1, 0.15) is 59.3 Å². The highest BCUT2D eigenvalue weighted by Gasteiger charge is 2.56.